The molecular weight excluding hydrogens is 636 g/mol. The molecule has 6 nitrogen and oxygen atoms in total. The lowest BCUT2D eigenvalue weighted by Crippen LogP contribution is -2.52. The van der Waals surface area contributed by atoms with Crippen LogP contribution in [0.2, 0.25) is 0 Å². The molecule has 0 radical (unpaired) electrons. The predicted molar refractivity (Wildman–Crippen MR) is 203 cm³/mol. The van der Waals surface area contributed by atoms with Gasteiger partial charge in [0.1, 0.15) is 34.3 Å². The fraction of sp³-hybridized carbons (Fsp3) is 0.600. The number of allylic oxidation sites excluding steroid dienone is 1. The molecule has 3 aromatic rings. The minimum absolute atomic E-state index is 0.0789. The van der Waals surface area contributed by atoms with Crippen molar-refractivity contribution in [2.75, 3.05) is 6.61 Å². The number of phenolic OH excluding ortho intramolecular Hbond substituents is 1. The van der Waals surface area contributed by atoms with Gasteiger partial charge >= 0.3 is 5.97 Å². The van der Waals surface area contributed by atoms with Crippen LogP contribution in [0.25, 0.3) is 22.3 Å². The van der Waals surface area contributed by atoms with E-state index in [0.717, 1.165) is 60.3 Å². The van der Waals surface area contributed by atoms with Crippen LogP contribution in [0.5, 0.6) is 11.5 Å². The van der Waals surface area contributed by atoms with Gasteiger partial charge in [-0.2, -0.15) is 0 Å². The highest BCUT2D eigenvalue weighted by atomic mass is 16.6. The van der Waals surface area contributed by atoms with Crippen LogP contribution in [0, 0.1) is 46.3 Å². The second-order valence-corrected chi connectivity index (χ2v) is 17.6. The van der Waals surface area contributed by atoms with Crippen LogP contribution >= 0.6 is 0 Å². The first kappa shape index (κ1) is 35.8. The summed E-state index contributed by atoms with van der Waals surface area (Å²) in [4.78, 5) is 25.9. The van der Waals surface area contributed by atoms with Crippen molar-refractivity contribution in [3.8, 4) is 22.8 Å². The molecule has 1 N–H and O–H groups in total. The number of esters is 1. The average molecular weight is 695 g/mol. The number of ether oxygens (including phenoxy) is 2. The summed E-state index contributed by atoms with van der Waals surface area (Å²) >= 11 is 0. The number of carbonyl (C=O) groups is 1. The van der Waals surface area contributed by atoms with E-state index >= 15 is 0 Å². The SMILES string of the molecule is CC(C)CCC[C@H](C)[C@@H]1CC[C@@H]2[C@@H]3CC=C4C[C@@H](OC(=O)COc5cc(O)c6c(=O)cc(-c7ccccc7)oc6c5)CC[C@]4(C)[C@H]3CC[C@]2(C)C1. The quantitative estimate of drug-likeness (QED) is 0.168. The van der Waals surface area contributed by atoms with E-state index in [4.69, 9.17) is 13.9 Å². The second-order valence-electron chi connectivity index (χ2n) is 17.6. The summed E-state index contributed by atoms with van der Waals surface area (Å²) in [5.74, 6) is 4.80. The van der Waals surface area contributed by atoms with E-state index in [1.807, 2.05) is 30.3 Å². The molecule has 0 bridgehead atoms. The summed E-state index contributed by atoms with van der Waals surface area (Å²) in [6, 6.07) is 13.6. The molecule has 4 aliphatic rings. The number of hydrogen-bond acceptors (Lipinski definition) is 6. The fourth-order valence-corrected chi connectivity index (χ4v) is 11.0. The van der Waals surface area contributed by atoms with Crippen LogP contribution < -0.4 is 10.2 Å². The first-order valence-corrected chi connectivity index (χ1v) is 19.8. The van der Waals surface area contributed by atoms with Crippen molar-refractivity contribution in [1.82, 2.24) is 0 Å². The van der Waals surface area contributed by atoms with Crippen molar-refractivity contribution in [3.63, 3.8) is 0 Å². The average Bonchev–Trinajstić information content (AvgIpc) is 3.10. The molecule has 0 amide bonds. The van der Waals surface area contributed by atoms with Gasteiger partial charge < -0.3 is 19.0 Å². The third-order valence-electron chi connectivity index (χ3n) is 13.9. The standard InChI is InChI=1S/C45H58O6/c1-28(2)10-9-11-29(3)31-14-17-36-35-16-15-32-22-33(18-21-45(32,5)37(35)19-20-44(36,4)26-31)50-42(48)27-49-34-23-38(46)43-39(47)25-40(51-41(43)24-34)30-12-7-6-8-13-30/h6-8,12-13,15,23-25,28-29,31,33,35-37,46H,9-11,14,16-22,26-27H2,1-5H3/t29-,31+,33-,35-,36+,37-,44+,45-/m0/s1. The molecule has 0 saturated heterocycles. The van der Waals surface area contributed by atoms with Gasteiger partial charge in [-0.3, -0.25) is 4.79 Å². The zero-order valence-corrected chi connectivity index (χ0v) is 31.4. The summed E-state index contributed by atoms with van der Waals surface area (Å²) in [6.07, 6.45) is 17.3. The number of benzene rings is 2. The molecule has 0 unspecified atom stereocenters. The number of hydrogen-bond donors (Lipinski definition) is 1. The summed E-state index contributed by atoms with van der Waals surface area (Å²) < 4.78 is 17.8. The highest BCUT2D eigenvalue weighted by Crippen LogP contribution is 2.65. The Balaban J connectivity index is 0.956. The van der Waals surface area contributed by atoms with Crippen molar-refractivity contribution in [3.05, 3.63) is 70.4 Å². The molecular formula is C45H58O6. The maximum absolute atomic E-state index is 13.0. The number of carbonyl (C=O) groups excluding carboxylic acids is 1. The lowest BCUT2D eigenvalue weighted by molar-refractivity contribution is -0.154. The topological polar surface area (TPSA) is 86.0 Å². The molecule has 3 saturated carbocycles. The van der Waals surface area contributed by atoms with Gasteiger partial charge in [-0.05, 0) is 97.7 Å². The number of aromatic hydroxyl groups is 1. The lowest BCUT2D eigenvalue weighted by atomic mass is 9.44. The van der Waals surface area contributed by atoms with Crippen LogP contribution in [0.3, 0.4) is 0 Å². The summed E-state index contributed by atoms with van der Waals surface area (Å²) in [5.41, 5.74) is 2.76. The molecule has 8 atom stereocenters. The minimum atomic E-state index is -0.430. The molecule has 2 aromatic carbocycles. The Labute approximate surface area is 304 Å². The summed E-state index contributed by atoms with van der Waals surface area (Å²) in [6.45, 7) is 12.1. The third-order valence-corrected chi connectivity index (χ3v) is 13.9. The van der Waals surface area contributed by atoms with Crippen LogP contribution in [0.15, 0.2) is 69.4 Å². The Morgan fingerprint density at radius 1 is 0.980 bits per heavy atom. The van der Waals surface area contributed by atoms with E-state index in [1.54, 1.807) is 6.07 Å². The Bertz CT molecular complexity index is 1810. The van der Waals surface area contributed by atoms with Gasteiger partial charge in [-0.25, -0.2) is 4.79 Å². The molecule has 274 valence electrons. The molecule has 4 aliphatic carbocycles. The molecule has 1 heterocycles. The van der Waals surface area contributed by atoms with E-state index in [1.165, 1.54) is 75.5 Å². The molecule has 51 heavy (non-hydrogen) atoms. The molecule has 1 aromatic heterocycles. The minimum Gasteiger partial charge on any atom is -0.507 e. The molecule has 7 rings (SSSR count). The normalized spacial score (nSPS) is 30.9. The zero-order valence-electron chi connectivity index (χ0n) is 31.4. The monoisotopic (exact) mass is 694 g/mol. The zero-order chi connectivity index (χ0) is 35.9. The van der Waals surface area contributed by atoms with Crippen molar-refractivity contribution in [2.45, 2.75) is 118 Å². The van der Waals surface area contributed by atoms with E-state index in [2.05, 4.69) is 40.7 Å². The first-order valence-electron chi connectivity index (χ1n) is 19.8. The third kappa shape index (κ3) is 7.26. The molecule has 0 spiro atoms. The smallest absolute Gasteiger partial charge is 0.344 e. The van der Waals surface area contributed by atoms with E-state index < -0.39 is 5.97 Å². The predicted octanol–water partition coefficient (Wildman–Crippen LogP) is 10.9. The number of rotatable bonds is 10. The maximum Gasteiger partial charge on any atom is 0.344 e. The molecule has 3 fully saturated rings. The van der Waals surface area contributed by atoms with Gasteiger partial charge in [0.05, 0.1) is 0 Å². The Morgan fingerprint density at radius 3 is 2.57 bits per heavy atom. The molecule has 6 heteroatoms. The van der Waals surface area contributed by atoms with Crippen molar-refractivity contribution >= 4 is 16.9 Å². The van der Waals surface area contributed by atoms with Gasteiger partial charge in [-0.15, -0.1) is 0 Å². The van der Waals surface area contributed by atoms with Gasteiger partial charge in [-0.1, -0.05) is 95.9 Å². The van der Waals surface area contributed by atoms with Gasteiger partial charge in [0, 0.05) is 30.2 Å². The molecule has 0 aliphatic heterocycles. The van der Waals surface area contributed by atoms with Crippen LogP contribution in [-0.4, -0.2) is 23.8 Å². The Kier molecular flexibility index (Phi) is 10.2. The van der Waals surface area contributed by atoms with Gasteiger partial charge in [0.25, 0.3) is 0 Å². The number of phenols is 1. The second kappa shape index (κ2) is 14.5. The van der Waals surface area contributed by atoms with Crippen LogP contribution in [-0.2, 0) is 9.53 Å². The van der Waals surface area contributed by atoms with Gasteiger partial charge in [0.15, 0.2) is 12.0 Å². The van der Waals surface area contributed by atoms with Gasteiger partial charge in [0.2, 0.25) is 0 Å². The van der Waals surface area contributed by atoms with Crippen molar-refractivity contribution < 1.29 is 23.8 Å². The largest absolute Gasteiger partial charge is 0.507 e. The Hall–Kier alpha value is -3.54. The Morgan fingerprint density at radius 2 is 1.78 bits per heavy atom. The summed E-state index contributed by atoms with van der Waals surface area (Å²) in [7, 11) is 0. The van der Waals surface area contributed by atoms with E-state index in [0.29, 0.717) is 11.2 Å². The van der Waals surface area contributed by atoms with Crippen LogP contribution in [0.4, 0.5) is 0 Å². The van der Waals surface area contributed by atoms with Crippen molar-refractivity contribution in [2.24, 2.45) is 46.3 Å². The first-order chi connectivity index (χ1) is 24.4. The summed E-state index contributed by atoms with van der Waals surface area (Å²) in [5, 5.41) is 10.7. The van der Waals surface area contributed by atoms with Crippen molar-refractivity contribution in [1.29, 1.82) is 0 Å². The highest BCUT2D eigenvalue weighted by Gasteiger charge is 2.56. The van der Waals surface area contributed by atoms with E-state index in [9.17, 15) is 14.7 Å². The lowest BCUT2D eigenvalue weighted by Gasteiger charge is -2.61. The maximum atomic E-state index is 13.0. The fourth-order valence-electron chi connectivity index (χ4n) is 11.0. The van der Waals surface area contributed by atoms with E-state index in [-0.39, 0.29) is 46.0 Å². The number of fused-ring (bicyclic) bond motifs is 6. The van der Waals surface area contributed by atoms with Crippen LogP contribution in [0.1, 0.15) is 112 Å². The highest BCUT2D eigenvalue weighted by molar-refractivity contribution is 5.86.